The summed E-state index contributed by atoms with van der Waals surface area (Å²) in [4.78, 5) is 11.6. The van der Waals surface area contributed by atoms with Gasteiger partial charge < -0.3 is 10.6 Å². The number of rotatable bonds is 3. The molecule has 0 aromatic heterocycles. The van der Waals surface area contributed by atoms with Gasteiger partial charge in [-0.15, -0.1) is 12.3 Å². The largest absolute Gasteiger partial charge is 0.337 e. The Morgan fingerprint density at radius 3 is 2.78 bits per heavy atom. The highest BCUT2D eigenvalue weighted by Gasteiger charge is 2.03. The number of anilines is 1. The molecule has 0 heterocycles. The molecule has 0 aliphatic heterocycles. The zero-order valence-corrected chi connectivity index (χ0v) is 9.94. The summed E-state index contributed by atoms with van der Waals surface area (Å²) in [5.74, 6) is 2.47. The number of terminal acetylenes is 1. The minimum atomic E-state index is -0.235. The molecule has 90 valence electrons. The predicted octanol–water partition coefficient (Wildman–Crippen LogP) is 2.98. The van der Waals surface area contributed by atoms with Crippen molar-refractivity contribution in [2.75, 3.05) is 11.9 Å². The first-order valence-corrected chi connectivity index (χ1v) is 5.77. The molecule has 2 aromatic carbocycles. The van der Waals surface area contributed by atoms with Gasteiger partial charge in [-0.05, 0) is 11.5 Å². The molecular formula is C15H14N2O. The van der Waals surface area contributed by atoms with Gasteiger partial charge >= 0.3 is 6.03 Å². The van der Waals surface area contributed by atoms with Gasteiger partial charge in [0.15, 0.2) is 0 Å². The van der Waals surface area contributed by atoms with Gasteiger partial charge in [0.05, 0.1) is 5.69 Å². The molecule has 2 rings (SSSR count). The Kier molecular flexibility index (Phi) is 3.83. The van der Waals surface area contributed by atoms with Crippen LogP contribution < -0.4 is 10.6 Å². The molecule has 0 spiro atoms. The Morgan fingerprint density at radius 2 is 1.94 bits per heavy atom. The molecule has 0 fully saturated rings. The van der Waals surface area contributed by atoms with E-state index in [4.69, 9.17) is 6.42 Å². The molecule has 0 unspecified atom stereocenters. The number of urea groups is 1. The van der Waals surface area contributed by atoms with Crippen LogP contribution in [-0.2, 0) is 0 Å². The van der Waals surface area contributed by atoms with E-state index < -0.39 is 0 Å². The van der Waals surface area contributed by atoms with Crippen LogP contribution >= 0.6 is 0 Å². The van der Waals surface area contributed by atoms with E-state index in [-0.39, 0.29) is 6.03 Å². The van der Waals surface area contributed by atoms with E-state index >= 15 is 0 Å². The molecular weight excluding hydrogens is 224 g/mol. The molecule has 0 aliphatic carbocycles. The van der Waals surface area contributed by atoms with Crippen LogP contribution in [0.15, 0.2) is 42.5 Å². The number of nitrogens with one attached hydrogen (secondary N) is 2. The number of carbonyl (C=O) groups is 1. The van der Waals surface area contributed by atoms with E-state index in [1.807, 2.05) is 42.5 Å². The minimum Gasteiger partial charge on any atom is -0.337 e. The molecule has 2 amide bonds. The normalized spacial score (nSPS) is 9.72. The van der Waals surface area contributed by atoms with E-state index in [0.29, 0.717) is 13.0 Å². The molecule has 0 saturated heterocycles. The van der Waals surface area contributed by atoms with Crippen molar-refractivity contribution in [3.8, 4) is 12.3 Å². The maximum absolute atomic E-state index is 11.6. The molecule has 3 heteroatoms. The smallest absolute Gasteiger partial charge is 0.319 e. The third-order valence-electron chi connectivity index (χ3n) is 2.59. The number of fused-ring (bicyclic) bond motifs is 1. The van der Waals surface area contributed by atoms with Crippen molar-refractivity contribution in [2.45, 2.75) is 6.42 Å². The Morgan fingerprint density at radius 1 is 1.17 bits per heavy atom. The van der Waals surface area contributed by atoms with Crippen molar-refractivity contribution in [3.63, 3.8) is 0 Å². The first-order chi connectivity index (χ1) is 8.81. The summed E-state index contributed by atoms with van der Waals surface area (Å²) >= 11 is 0. The summed E-state index contributed by atoms with van der Waals surface area (Å²) in [6, 6.07) is 13.5. The highest BCUT2D eigenvalue weighted by atomic mass is 16.2. The van der Waals surface area contributed by atoms with Gasteiger partial charge in [-0.25, -0.2) is 4.79 Å². The maximum Gasteiger partial charge on any atom is 0.319 e. The highest BCUT2D eigenvalue weighted by Crippen LogP contribution is 2.22. The lowest BCUT2D eigenvalue weighted by Gasteiger charge is -2.09. The average molecular weight is 238 g/mol. The Hall–Kier alpha value is -2.47. The second-order valence-corrected chi connectivity index (χ2v) is 3.86. The highest BCUT2D eigenvalue weighted by molar-refractivity contribution is 6.01. The number of hydrogen-bond donors (Lipinski definition) is 2. The minimum absolute atomic E-state index is 0.235. The number of amides is 2. The van der Waals surface area contributed by atoms with Gasteiger partial charge in [0.25, 0.3) is 0 Å². The summed E-state index contributed by atoms with van der Waals surface area (Å²) in [5, 5.41) is 7.65. The van der Waals surface area contributed by atoms with Gasteiger partial charge in [0, 0.05) is 18.4 Å². The molecule has 0 atom stereocenters. The second kappa shape index (κ2) is 5.74. The monoisotopic (exact) mass is 238 g/mol. The van der Waals surface area contributed by atoms with Crippen LogP contribution in [0, 0.1) is 12.3 Å². The number of benzene rings is 2. The molecule has 2 aromatic rings. The molecule has 0 radical (unpaired) electrons. The van der Waals surface area contributed by atoms with Crippen LogP contribution in [0.5, 0.6) is 0 Å². The standard InChI is InChI=1S/C15H14N2O/c1-2-3-11-16-15(18)17-14-10-6-8-12-7-4-5-9-13(12)14/h1,4-10H,3,11H2,(H2,16,17,18). The van der Waals surface area contributed by atoms with E-state index in [1.54, 1.807) is 0 Å². The lowest BCUT2D eigenvalue weighted by atomic mass is 10.1. The van der Waals surface area contributed by atoms with Crippen LogP contribution in [0.3, 0.4) is 0 Å². The SMILES string of the molecule is C#CCCNC(=O)Nc1cccc2ccccc12. The van der Waals surface area contributed by atoms with Gasteiger partial charge in [0.2, 0.25) is 0 Å². The van der Waals surface area contributed by atoms with Gasteiger partial charge in [-0.1, -0.05) is 36.4 Å². The third kappa shape index (κ3) is 2.80. The van der Waals surface area contributed by atoms with E-state index in [9.17, 15) is 4.79 Å². The quantitative estimate of drug-likeness (QED) is 0.626. The average Bonchev–Trinajstić information content (AvgIpc) is 2.39. The second-order valence-electron chi connectivity index (χ2n) is 3.86. The van der Waals surface area contributed by atoms with Crippen LogP contribution in [0.4, 0.5) is 10.5 Å². The lowest BCUT2D eigenvalue weighted by molar-refractivity contribution is 0.252. The summed E-state index contributed by atoms with van der Waals surface area (Å²) in [5.41, 5.74) is 0.798. The zero-order chi connectivity index (χ0) is 12.8. The number of carbonyl (C=O) groups excluding carboxylic acids is 1. The molecule has 0 saturated carbocycles. The van der Waals surface area contributed by atoms with E-state index in [0.717, 1.165) is 16.5 Å². The van der Waals surface area contributed by atoms with Crippen molar-refractivity contribution in [1.29, 1.82) is 0 Å². The third-order valence-corrected chi connectivity index (χ3v) is 2.59. The Bertz CT molecular complexity index is 593. The van der Waals surface area contributed by atoms with Crippen LogP contribution in [0.2, 0.25) is 0 Å². The number of hydrogen-bond acceptors (Lipinski definition) is 1. The van der Waals surface area contributed by atoms with E-state index in [1.165, 1.54) is 0 Å². The maximum atomic E-state index is 11.6. The lowest BCUT2D eigenvalue weighted by Crippen LogP contribution is -2.29. The summed E-state index contributed by atoms with van der Waals surface area (Å²) in [6.07, 6.45) is 5.65. The molecule has 0 bridgehead atoms. The van der Waals surface area contributed by atoms with Crippen molar-refractivity contribution < 1.29 is 4.79 Å². The van der Waals surface area contributed by atoms with Crippen LogP contribution in [0.25, 0.3) is 10.8 Å². The first-order valence-electron chi connectivity index (χ1n) is 5.77. The van der Waals surface area contributed by atoms with Crippen LogP contribution in [-0.4, -0.2) is 12.6 Å². The molecule has 0 aliphatic rings. The van der Waals surface area contributed by atoms with Crippen molar-refractivity contribution in [2.24, 2.45) is 0 Å². The van der Waals surface area contributed by atoms with Crippen molar-refractivity contribution >= 4 is 22.5 Å². The van der Waals surface area contributed by atoms with Gasteiger partial charge in [0.1, 0.15) is 0 Å². The first kappa shape index (κ1) is 12.0. The van der Waals surface area contributed by atoms with Gasteiger partial charge in [-0.2, -0.15) is 0 Å². The molecule has 3 nitrogen and oxygen atoms in total. The molecule has 18 heavy (non-hydrogen) atoms. The fourth-order valence-electron chi connectivity index (χ4n) is 1.75. The summed E-state index contributed by atoms with van der Waals surface area (Å²) in [6.45, 7) is 0.479. The van der Waals surface area contributed by atoms with Gasteiger partial charge in [-0.3, -0.25) is 0 Å². The topological polar surface area (TPSA) is 41.1 Å². The van der Waals surface area contributed by atoms with Crippen molar-refractivity contribution in [1.82, 2.24) is 5.32 Å². The van der Waals surface area contributed by atoms with E-state index in [2.05, 4.69) is 16.6 Å². The summed E-state index contributed by atoms with van der Waals surface area (Å²) < 4.78 is 0. The Balaban J connectivity index is 2.12. The summed E-state index contributed by atoms with van der Waals surface area (Å²) in [7, 11) is 0. The zero-order valence-electron chi connectivity index (χ0n) is 9.94. The fourth-order valence-corrected chi connectivity index (χ4v) is 1.75. The Labute approximate surface area is 106 Å². The predicted molar refractivity (Wildman–Crippen MR) is 74.4 cm³/mol. The molecule has 2 N–H and O–H groups in total. The van der Waals surface area contributed by atoms with Crippen LogP contribution in [0.1, 0.15) is 6.42 Å². The van der Waals surface area contributed by atoms with Crippen molar-refractivity contribution in [3.05, 3.63) is 42.5 Å². The fraction of sp³-hybridized carbons (Fsp3) is 0.133.